The lowest BCUT2D eigenvalue weighted by molar-refractivity contribution is -0.384. The van der Waals surface area contributed by atoms with Gasteiger partial charge in [-0.3, -0.25) is 19.7 Å². The van der Waals surface area contributed by atoms with Gasteiger partial charge in [0.15, 0.2) is 0 Å². The van der Waals surface area contributed by atoms with Crippen molar-refractivity contribution >= 4 is 33.3 Å². The molecular weight excluding hydrogens is 363 g/mol. The highest BCUT2D eigenvalue weighted by atomic mass is 32.2. The Morgan fingerprint density at radius 3 is 2.33 bits per heavy atom. The van der Waals surface area contributed by atoms with Crippen molar-refractivity contribution in [2.24, 2.45) is 0 Å². The number of alkyl halides is 3. The first-order valence-corrected chi connectivity index (χ1v) is 7.21. The summed E-state index contributed by atoms with van der Waals surface area (Å²) < 4.78 is 61.6. The molecule has 0 aliphatic carbocycles. The third kappa shape index (κ3) is 4.88. The molecule has 0 aliphatic rings. The van der Waals surface area contributed by atoms with Gasteiger partial charge in [0.1, 0.15) is 12.2 Å². The molecule has 0 spiro atoms. The molecule has 0 aliphatic heterocycles. The Labute approximate surface area is 131 Å². The minimum absolute atomic E-state index is 0.385. The van der Waals surface area contributed by atoms with Crippen LogP contribution in [-0.4, -0.2) is 43.0 Å². The summed E-state index contributed by atoms with van der Waals surface area (Å²) >= 11 is 0. The molecule has 1 amide bonds. The minimum atomic E-state index is -5.30. The number of sulfonamides is 1. The van der Waals surface area contributed by atoms with Crippen LogP contribution in [0, 0.1) is 10.1 Å². The van der Waals surface area contributed by atoms with Crippen molar-refractivity contribution in [1.82, 2.24) is 4.72 Å². The molecule has 0 atom stereocenters. The number of carbonyl (C=O) groups is 2. The van der Waals surface area contributed by atoms with E-state index in [1.165, 1.54) is 5.32 Å². The van der Waals surface area contributed by atoms with Crippen LogP contribution in [0.2, 0.25) is 0 Å². The molecule has 1 aromatic rings. The molecule has 1 rings (SSSR count). The van der Waals surface area contributed by atoms with Gasteiger partial charge in [-0.05, 0) is 12.1 Å². The van der Waals surface area contributed by atoms with Crippen molar-refractivity contribution in [2.75, 3.05) is 11.9 Å². The van der Waals surface area contributed by atoms with Crippen LogP contribution in [0.5, 0.6) is 0 Å². The first kappa shape index (κ1) is 19.3. The quantitative estimate of drug-likeness (QED) is 0.484. The van der Waals surface area contributed by atoms with Crippen LogP contribution < -0.4 is 10.0 Å². The maximum atomic E-state index is 12.2. The van der Waals surface area contributed by atoms with Gasteiger partial charge >= 0.3 is 18.1 Å². The van der Waals surface area contributed by atoms with Gasteiger partial charge in [-0.25, -0.2) is 8.42 Å². The molecule has 14 heteroatoms. The van der Waals surface area contributed by atoms with Gasteiger partial charge in [-0.1, -0.05) is 0 Å². The molecule has 10 nitrogen and oxygen atoms in total. The van der Waals surface area contributed by atoms with Gasteiger partial charge in [0.2, 0.25) is 10.0 Å². The highest BCUT2D eigenvalue weighted by Gasteiger charge is 2.39. The summed E-state index contributed by atoms with van der Waals surface area (Å²) in [5.41, 5.74) is -2.00. The highest BCUT2D eigenvalue weighted by Crippen LogP contribution is 2.29. The van der Waals surface area contributed by atoms with Gasteiger partial charge in [0, 0.05) is 6.07 Å². The second-order valence-corrected chi connectivity index (χ2v) is 5.87. The predicted octanol–water partition coefficient (Wildman–Crippen LogP) is 0.458. The fraction of sp³-hybridized carbons (Fsp3) is 0.200. The van der Waals surface area contributed by atoms with Crippen LogP contribution in [0.1, 0.15) is 0 Å². The first-order valence-electron chi connectivity index (χ1n) is 5.72. The van der Waals surface area contributed by atoms with Crippen molar-refractivity contribution in [1.29, 1.82) is 0 Å². The topological polar surface area (TPSA) is 156 Å². The van der Waals surface area contributed by atoms with E-state index in [2.05, 4.69) is 0 Å². The zero-order chi connectivity index (χ0) is 18.7. The third-order valence-electron chi connectivity index (χ3n) is 2.40. The van der Waals surface area contributed by atoms with E-state index in [-0.39, 0.29) is 0 Å². The molecule has 0 radical (unpaired) electrons. The predicted molar refractivity (Wildman–Crippen MR) is 70.6 cm³/mol. The van der Waals surface area contributed by atoms with Crippen molar-refractivity contribution < 1.29 is 41.2 Å². The fourth-order valence-electron chi connectivity index (χ4n) is 1.37. The molecule has 132 valence electrons. The lowest BCUT2D eigenvalue weighted by atomic mass is 10.2. The average molecular weight is 371 g/mol. The summed E-state index contributed by atoms with van der Waals surface area (Å²) in [6, 6.07) is 1.64. The summed E-state index contributed by atoms with van der Waals surface area (Å²) in [5.74, 6) is -4.01. The summed E-state index contributed by atoms with van der Waals surface area (Å²) in [7, 11) is -4.46. The van der Waals surface area contributed by atoms with E-state index in [1.807, 2.05) is 0 Å². The summed E-state index contributed by atoms with van der Waals surface area (Å²) in [6.07, 6.45) is -5.30. The lowest BCUT2D eigenvalue weighted by Gasteiger charge is -2.10. The van der Waals surface area contributed by atoms with Gasteiger partial charge < -0.3 is 10.4 Å². The number of halogens is 3. The number of carboxylic acids is 1. The molecule has 0 saturated carbocycles. The number of hydrogen-bond acceptors (Lipinski definition) is 6. The lowest BCUT2D eigenvalue weighted by Crippen LogP contribution is -2.31. The normalized spacial score (nSPS) is 11.8. The largest absolute Gasteiger partial charge is 0.480 e. The Hall–Kier alpha value is -2.74. The van der Waals surface area contributed by atoms with Gasteiger partial charge in [0.25, 0.3) is 5.69 Å². The molecule has 0 fully saturated rings. The zero-order valence-corrected chi connectivity index (χ0v) is 12.1. The summed E-state index contributed by atoms with van der Waals surface area (Å²) in [5, 5.41) is 20.5. The molecule has 1 aromatic carbocycles. The summed E-state index contributed by atoms with van der Waals surface area (Å²) in [4.78, 5) is 30.0. The Balaban J connectivity index is 3.23. The zero-order valence-electron chi connectivity index (χ0n) is 11.3. The highest BCUT2D eigenvalue weighted by molar-refractivity contribution is 7.89. The minimum Gasteiger partial charge on any atom is -0.480 e. The molecule has 0 unspecified atom stereocenters. The van der Waals surface area contributed by atoms with Crippen LogP contribution in [0.25, 0.3) is 0 Å². The van der Waals surface area contributed by atoms with E-state index in [0.29, 0.717) is 18.2 Å². The van der Waals surface area contributed by atoms with Gasteiger partial charge in [-0.2, -0.15) is 17.9 Å². The monoisotopic (exact) mass is 371 g/mol. The fourth-order valence-corrected chi connectivity index (χ4v) is 2.36. The van der Waals surface area contributed by atoms with E-state index < -0.39 is 55.8 Å². The molecule has 0 heterocycles. The maximum Gasteiger partial charge on any atom is 0.471 e. The smallest absolute Gasteiger partial charge is 0.471 e. The number of rotatable bonds is 6. The van der Waals surface area contributed by atoms with Crippen LogP contribution >= 0.6 is 0 Å². The number of aliphatic carboxylic acids is 1. The van der Waals surface area contributed by atoms with Gasteiger partial charge in [-0.15, -0.1) is 0 Å². The van der Waals surface area contributed by atoms with E-state index in [4.69, 9.17) is 5.11 Å². The Morgan fingerprint density at radius 1 is 1.29 bits per heavy atom. The third-order valence-corrected chi connectivity index (χ3v) is 3.79. The first-order chi connectivity index (χ1) is 10.8. The van der Waals surface area contributed by atoms with Crippen LogP contribution in [-0.2, 0) is 19.6 Å². The van der Waals surface area contributed by atoms with E-state index >= 15 is 0 Å². The number of hydrogen-bond donors (Lipinski definition) is 3. The number of anilines is 1. The Kier molecular flexibility index (Phi) is 5.47. The number of carboxylic acid groups (broad SMARTS) is 1. The number of benzene rings is 1. The van der Waals surface area contributed by atoms with E-state index in [9.17, 15) is 41.3 Å². The Bertz CT molecular complexity index is 791. The summed E-state index contributed by atoms with van der Waals surface area (Å²) in [6.45, 7) is -1.01. The maximum absolute atomic E-state index is 12.2. The number of nitro groups is 1. The SMILES string of the molecule is O=C(O)CNS(=O)(=O)c1ccc(NC(=O)C(F)(F)F)c([N+](=O)[O-])c1. The van der Waals surface area contributed by atoms with E-state index in [0.717, 1.165) is 0 Å². The second-order valence-electron chi connectivity index (χ2n) is 4.11. The van der Waals surface area contributed by atoms with Crippen molar-refractivity contribution in [2.45, 2.75) is 11.1 Å². The van der Waals surface area contributed by atoms with Crippen LogP contribution in [0.15, 0.2) is 23.1 Å². The Morgan fingerprint density at radius 2 is 1.88 bits per heavy atom. The number of carbonyl (C=O) groups excluding carboxylic acids is 1. The number of amides is 1. The molecule has 24 heavy (non-hydrogen) atoms. The van der Waals surface area contributed by atoms with Crippen molar-refractivity contribution in [3.05, 3.63) is 28.3 Å². The van der Waals surface area contributed by atoms with E-state index in [1.54, 1.807) is 4.72 Å². The van der Waals surface area contributed by atoms with Crippen molar-refractivity contribution in [3.8, 4) is 0 Å². The van der Waals surface area contributed by atoms with Crippen LogP contribution in [0.4, 0.5) is 24.5 Å². The number of nitro benzene ring substituents is 1. The molecule has 0 aromatic heterocycles. The van der Waals surface area contributed by atoms with Crippen LogP contribution in [0.3, 0.4) is 0 Å². The standard InChI is InChI=1S/C10H8F3N3O7S/c11-10(12,13)9(19)15-6-2-1-5(3-7(6)16(20)21)24(22,23)14-4-8(17)18/h1-3,14H,4H2,(H,15,19)(H,17,18). The van der Waals surface area contributed by atoms with Gasteiger partial charge in [0.05, 0.1) is 9.82 Å². The molecule has 0 saturated heterocycles. The molecule has 3 N–H and O–H groups in total. The second kappa shape index (κ2) is 6.79. The molecular formula is C10H8F3N3O7S. The molecule has 0 bridgehead atoms. The average Bonchev–Trinajstić information content (AvgIpc) is 2.44. The number of nitrogens with one attached hydrogen (secondary N) is 2. The van der Waals surface area contributed by atoms with Crippen molar-refractivity contribution in [3.63, 3.8) is 0 Å². The number of nitrogens with zero attached hydrogens (tertiary/aromatic N) is 1.